The van der Waals surface area contributed by atoms with Gasteiger partial charge in [0, 0.05) is 12.6 Å². The van der Waals surface area contributed by atoms with Crippen LogP contribution in [0.4, 0.5) is 0 Å². The van der Waals surface area contributed by atoms with Crippen molar-refractivity contribution in [2.24, 2.45) is 0 Å². The van der Waals surface area contributed by atoms with Gasteiger partial charge in [0.25, 0.3) is 0 Å². The van der Waals surface area contributed by atoms with Crippen LogP contribution in [0.15, 0.2) is 24.3 Å². The molecule has 1 unspecified atom stereocenters. The molecule has 24 heavy (non-hydrogen) atoms. The number of rotatable bonds is 7. The molecule has 1 amide bonds. The number of carbonyl (C=O) groups is 1. The molecule has 136 valence electrons. The number of hydrogen-bond acceptors (Lipinski definition) is 4. The predicted molar refractivity (Wildman–Crippen MR) is 97.5 cm³/mol. The van der Waals surface area contributed by atoms with Crippen molar-refractivity contribution >= 4 is 28.3 Å². The van der Waals surface area contributed by atoms with Crippen molar-refractivity contribution in [1.82, 2.24) is 15.4 Å². The van der Waals surface area contributed by atoms with Crippen molar-refractivity contribution in [3.63, 3.8) is 0 Å². The number of sulfonamides is 1. The zero-order chi connectivity index (χ0) is 16.9. The van der Waals surface area contributed by atoms with Gasteiger partial charge in [-0.2, -0.15) is 0 Å². The fraction of sp³-hybridized carbons (Fsp3) is 0.562. The summed E-state index contributed by atoms with van der Waals surface area (Å²) in [6.07, 6.45) is 1.91. The molecule has 1 heterocycles. The second-order valence-electron chi connectivity index (χ2n) is 6.21. The summed E-state index contributed by atoms with van der Waals surface area (Å²) < 4.78 is 26.3. The van der Waals surface area contributed by atoms with Crippen LogP contribution in [0.1, 0.15) is 37.8 Å². The van der Waals surface area contributed by atoms with E-state index in [2.05, 4.69) is 15.4 Å². The van der Waals surface area contributed by atoms with Crippen LogP contribution < -0.4 is 15.4 Å². The Kier molecular flexibility index (Phi) is 8.15. The molecule has 3 N–H and O–H groups in total. The Morgan fingerprint density at radius 2 is 1.88 bits per heavy atom. The molecule has 1 saturated heterocycles. The predicted octanol–water partition coefficient (Wildman–Crippen LogP) is 1.30. The highest BCUT2D eigenvalue weighted by Gasteiger charge is 2.21. The second-order valence-corrected chi connectivity index (χ2v) is 7.97. The first-order chi connectivity index (χ1) is 10.9. The summed E-state index contributed by atoms with van der Waals surface area (Å²) in [4.78, 5) is 11.9. The summed E-state index contributed by atoms with van der Waals surface area (Å²) in [5, 5.41) is 6.06. The van der Waals surface area contributed by atoms with Crippen molar-refractivity contribution < 1.29 is 13.2 Å². The van der Waals surface area contributed by atoms with E-state index in [0.717, 1.165) is 30.5 Å². The highest BCUT2D eigenvalue weighted by atomic mass is 35.5. The van der Waals surface area contributed by atoms with Crippen molar-refractivity contribution in [2.45, 2.75) is 51.1 Å². The summed E-state index contributed by atoms with van der Waals surface area (Å²) in [6.45, 7) is 4.94. The van der Waals surface area contributed by atoms with Crippen LogP contribution in [0.3, 0.4) is 0 Å². The quantitative estimate of drug-likeness (QED) is 0.670. The Labute approximate surface area is 150 Å². The number of nitrogens with one attached hydrogen (secondary N) is 3. The monoisotopic (exact) mass is 375 g/mol. The molecule has 6 nitrogen and oxygen atoms in total. The zero-order valence-electron chi connectivity index (χ0n) is 14.0. The zero-order valence-corrected chi connectivity index (χ0v) is 15.7. The van der Waals surface area contributed by atoms with E-state index >= 15 is 0 Å². The average Bonchev–Trinajstić information content (AvgIpc) is 2.98. The first kappa shape index (κ1) is 20.9. The Hall–Kier alpha value is -1.15. The maximum atomic E-state index is 11.9. The van der Waals surface area contributed by atoms with Crippen molar-refractivity contribution in [3.05, 3.63) is 35.4 Å². The molecule has 8 heteroatoms. The molecule has 0 saturated carbocycles. The van der Waals surface area contributed by atoms with Gasteiger partial charge in [0.2, 0.25) is 15.9 Å². The smallest absolute Gasteiger partial charge is 0.237 e. The lowest BCUT2D eigenvalue weighted by molar-refractivity contribution is -0.122. The fourth-order valence-corrected chi connectivity index (χ4v) is 4.03. The number of benzene rings is 1. The van der Waals surface area contributed by atoms with Crippen LogP contribution in [-0.4, -0.2) is 33.0 Å². The van der Waals surface area contributed by atoms with E-state index in [1.54, 1.807) is 26.0 Å². The standard InChI is InChI=1S/C16H25N3O3S.ClH/c1-12(2)19-23(21,22)11-14-7-5-13(6-8-14)10-18-16(20)15-4-3-9-17-15;/h5-8,12,15,17,19H,3-4,9-11H2,1-2H3,(H,18,20);1H. The van der Waals surface area contributed by atoms with Crippen molar-refractivity contribution in [1.29, 1.82) is 0 Å². The summed E-state index contributed by atoms with van der Waals surface area (Å²) in [5.74, 6) is -0.0145. The van der Waals surface area contributed by atoms with Crippen LogP contribution in [0, 0.1) is 0 Å². The van der Waals surface area contributed by atoms with Gasteiger partial charge >= 0.3 is 0 Å². The minimum atomic E-state index is -3.31. The van der Waals surface area contributed by atoms with Crippen LogP contribution in [0.5, 0.6) is 0 Å². The molecule has 1 aromatic carbocycles. The highest BCUT2D eigenvalue weighted by Crippen LogP contribution is 2.09. The first-order valence-electron chi connectivity index (χ1n) is 7.94. The van der Waals surface area contributed by atoms with Crippen LogP contribution in [-0.2, 0) is 27.1 Å². The van der Waals surface area contributed by atoms with Gasteiger partial charge in [-0.25, -0.2) is 13.1 Å². The molecule has 0 spiro atoms. The SMILES string of the molecule is CC(C)NS(=O)(=O)Cc1ccc(CNC(=O)C2CCCN2)cc1.Cl. The molecule has 0 bridgehead atoms. The molecule has 1 atom stereocenters. The largest absolute Gasteiger partial charge is 0.351 e. The maximum Gasteiger partial charge on any atom is 0.237 e. The number of halogens is 1. The van der Waals surface area contributed by atoms with E-state index in [9.17, 15) is 13.2 Å². The van der Waals surface area contributed by atoms with Gasteiger partial charge in [0.05, 0.1) is 11.8 Å². The minimum Gasteiger partial charge on any atom is -0.351 e. The summed E-state index contributed by atoms with van der Waals surface area (Å²) >= 11 is 0. The van der Waals surface area contributed by atoms with Crippen LogP contribution in [0.25, 0.3) is 0 Å². The van der Waals surface area contributed by atoms with Gasteiger partial charge in [0.15, 0.2) is 0 Å². The number of hydrogen-bond donors (Lipinski definition) is 3. The van der Waals surface area contributed by atoms with Gasteiger partial charge in [-0.15, -0.1) is 12.4 Å². The fourth-order valence-electron chi connectivity index (χ4n) is 2.59. The first-order valence-corrected chi connectivity index (χ1v) is 9.60. The van der Waals surface area contributed by atoms with Gasteiger partial charge in [-0.3, -0.25) is 4.79 Å². The van der Waals surface area contributed by atoms with Crippen molar-refractivity contribution in [2.75, 3.05) is 6.54 Å². The molecule has 1 aliphatic heterocycles. The van der Waals surface area contributed by atoms with Crippen LogP contribution >= 0.6 is 12.4 Å². The lowest BCUT2D eigenvalue weighted by Gasteiger charge is -2.12. The molecule has 2 rings (SSSR count). The lowest BCUT2D eigenvalue weighted by atomic mass is 10.1. The molecular formula is C16H26ClN3O3S. The van der Waals surface area contributed by atoms with E-state index < -0.39 is 10.0 Å². The molecule has 0 radical (unpaired) electrons. The highest BCUT2D eigenvalue weighted by molar-refractivity contribution is 7.88. The summed E-state index contributed by atoms with van der Waals surface area (Å²) in [7, 11) is -3.31. The van der Waals surface area contributed by atoms with Gasteiger partial charge in [-0.1, -0.05) is 24.3 Å². The molecule has 0 aromatic heterocycles. The minimum absolute atomic E-state index is 0. The molecule has 1 aliphatic rings. The van der Waals surface area contributed by atoms with Crippen molar-refractivity contribution in [3.8, 4) is 0 Å². The number of carbonyl (C=O) groups excluding carboxylic acids is 1. The normalized spacial score (nSPS) is 17.5. The third-order valence-corrected chi connectivity index (χ3v) is 5.18. The average molecular weight is 376 g/mol. The van der Waals surface area contributed by atoms with E-state index in [0.29, 0.717) is 6.54 Å². The Balaban J connectivity index is 0.00000288. The third kappa shape index (κ3) is 6.76. The maximum absolute atomic E-state index is 11.9. The third-order valence-electron chi connectivity index (χ3n) is 3.64. The lowest BCUT2D eigenvalue weighted by Crippen LogP contribution is -2.39. The van der Waals surface area contributed by atoms with E-state index in [-0.39, 0.29) is 36.2 Å². The molecule has 1 aromatic rings. The summed E-state index contributed by atoms with van der Waals surface area (Å²) in [6, 6.07) is 7.08. The van der Waals surface area contributed by atoms with Gasteiger partial charge < -0.3 is 10.6 Å². The van der Waals surface area contributed by atoms with E-state index in [1.165, 1.54) is 0 Å². The van der Waals surface area contributed by atoms with E-state index in [4.69, 9.17) is 0 Å². The molecular weight excluding hydrogens is 350 g/mol. The van der Waals surface area contributed by atoms with Crippen LogP contribution in [0.2, 0.25) is 0 Å². The Morgan fingerprint density at radius 3 is 2.42 bits per heavy atom. The van der Waals surface area contributed by atoms with E-state index in [1.807, 2.05) is 12.1 Å². The number of amides is 1. The summed E-state index contributed by atoms with van der Waals surface area (Å²) in [5.41, 5.74) is 1.68. The molecule has 0 aliphatic carbocycles. The Morgan fingerprint density at radius 1 is 1.25 bits per heavy atom. The van der Waals surface area contributed by atoms with Gasteiger partial charge in [0.1, 0.15) is 0 Å². The topological polar surface area (TPSA) is 87.3 Å². The molecule has 1 fully saturated rings. The second kappa shape index (κ2) is 9.36. The van der Waals surface area contributed by atoms with Gasteiger partial charge in [-0.05, 0) is 44.4 Å². The Bertz CT molecular complexity index is 626.